The molecule has 0 spiro atoms. The molecule has 0 radical (unpaired) electrons. The van der Waals surface area contributed by atoms with E-state index < -0.39 is 0 Å². The van der Waals surface area contributed by atoms with Gasteiger partial charge in [-0.05, 0) is 38.1 Å². The fourth-order valence-corrected chi connectivity index (χ4v) is 2.82. The summed E-state index contributed by atoms with van der Waals surface area (Å²) in [6.07, 6.45) is 1.92. The van der Waals surface area contributed by atoms with Gasteiger partial charge in [0.1, 0.15) is 0 Å². The highest BCUT2D eigenvalue weighted by atomic mass is 79.9. The van der Waals surface area contributed by atoms with Crippen LogP contribution in [0.4, 0.5) is 0 Å². The minimum atomic E-state index is -0.227. The molecular formula is C15H20BrN3O2. The molecule has 0 atom stereocenters. The van der Waals surface area contributed by atoms with Crippen LogP contribution in [0.25, 0.3) is 0 Å². The molecule has 6 heteroatoms. The molecule has 1 aliphatic heterocycles. The summed E-state index contributed by atoms with van der Waals surface area (Å²) in [5, 5.41) is 5.91. The fraction of sp³-hybridized carbons (Fsp3) is 0.467. The summed E-state index contributed by atoms with van der Waals surface area (Å²) in [6.45, 7) is 1.55. The lowest BCUT2D eigenvalue weighted by molar-refractivity contribution is -0.131. The van der Waals surface area contributed by atoms with Crippen LogP contribution < -0.4 is 10.6 Å². The summed E-state index contributed by atoms with van der Waals surface area (Å²) in [5.74, 6) is -0.248. The first-order valence-corrected chi connectivity index (χ1v) is 7.88. The number of halogens is 1. The molecule has 0 aliphatic carbocycles. The normalized spacial score (nSPS) is 15.8. The zero-order valence-electron chi connectivity index (χ0n) is 12.1. The molecule has 0 unspecified atom stereocenters. The highest BCUT2D eigenvalue weighted by Gasteiger charge is 2.21. The number of nitrogens with zero attached hydrogens (tertiary/aromatic N) is 1. The first-order chi connectivity index (χ1) is 10.1. The third-order valence-electron chi connectivity index (χ3n) is 3.74. The quantitative estimate of drug-likeness (QED) is 0.859. The van der Waals surface area contributed by atoms with E-state index in [0.717, 1.165) is 30.4 Å². The molecule has 1 aliphatic rings. The van der Waals surface area contributed by atoms with E-state index in [4.69, 9.17) is 0 Å². The number of carbonyl (C=O) groups excluding carboxylic acids is 2. The van der Waals surface area contributed by atoms with E-state index in [2.05, 4.69) is 26.6 Å². The molecule has 1 fully saturated rings. The van der Waals surface area contributed by atoms with Gasteiger partial charge in [-0.1, -0.05) is 22.0 Å². The maximum Gasteiger partial charge on any atom is 0.251 e. The third kappa shape index (κ3) is 4.54. The Hall–Kier alpha value is -1.40. The second-order valence-corrected chi connectivity index (χ2v) is 6.05. The molecule has 0 aromatic heterocycles. The number of benzene rings is 1. The number of nitrogens with one attached hydrogen (secondary N) is 2. The van der Waals surface area contributed by atoms with Crippen molar-refractivity contribution < 1.29 is 9.59 Å². The largest absolute Gasteiger partial charge is 0.343 e. The number of amides is 2. The average molecular weight is 354 g/mol. The molecule has 114 valence electrons. The van der Waals surface area contributed by atoms with Crippen LogP contribution in [0.1, 0.15) is 23.2 Å². The molecule has 1 aromatic carbocycles. The lowest BCUT2D eigenvalue weighted by atomic mass is 10.1. The van der Waals surface area contributed by atoms with Gasteiger partial charge in [0.15, 0.2) is 0 Å². The van der Waals surface area contributed by atoms with Crippen molar-refractivity contribution in [3.05, 3.63) is 34.3 Å². The second-order valence-electron chi connectivity index (χ2n) is 5.14. The summed E-state index contributed by atoms with van der Waals surface area (Å²) in [7, 11) is 1.94. The Morgan fingerprint density at radius 2 is 2.05 bits per heavy atom. The van der Waals surface area contributed by atoms with E-state index in [1.807, 2.05) is 18.0 Å². The molecule has 1 aromatic rings. The molecule has 1 heterocycles. The van der Waals surface area contributed by atoms with Gasteiger partial charge in [-0.15, -0.1) is 0 Å². The lowest BCUT2D eigenvalue weighted by Gasteiger charge is -2.31. The van der Waals surface area contributed by atoms with Gasteiger partial charge in [-0.3, -0.25) is 9.59 Å². The number of rotatable bonds is 4. The third-order valence-corrected chi connectivity index (χ3v) is 4.24. The first-order valence-electron chi connectivity index (χ1n) is 7.09. The minimum absolute atomic E-state index is 0.0205. The number of hydrogen-bond acceptors (Lipinski definition) is 3. The van der Waals surface area contributed by atoms with Crippen LogP contribution in [0.5, 0.6) is 0 Å². The van der Waals surface area contributed by atoms with E-state index in [0.29, 0.717) is 11.6 Å². The molecule has 2 rings (SSSR count). The van der Waals surface area contributed by atoms with E-state index in [1.165, 1.54) is 0 Å². The Bertz CT molecular complexity index is 513. The summed E-state index contributed by atoms with van der Waals surface area (Å²) in [6, 6.07) is 7.60. The van der Waals surface area contributed by atoms with Crippen LogP contribution >= 0.6 is 15.9 Å². The average Bonchev–Trinajstić information content (AvgIpc) is 2.52. The van der Waals surface area contributed by atoms with Gasteiger partial charge in [-0.2, -0.15) is 0 Å². The van der Waals surface area contributed by atoms with Gasteiger partial charge in [0.05, 0.1) is 6.54 Å². The van der Waals surface area contributed by atoms with Gasteiger partial charge in [0, 0.05) is 29.2 Å². The number of carbonyl (C=O) groups is 2. The standard InChI is InChI=1S/C15H20BrN3O2/c1-17-13-5-7-19(8-6-13)14(20)10-18-15(21)11-3-2-4-12(16)9-11/h2-4,9,13,17H,5-8,10H2,1H3,(H,18,21). The number of piperidine rings is 1. The summed E-state index contributed by atoms with van der Waals surface area (Å²) in [4.78, 5) is 25.9. The number of hydrogen-bond donors (Lipinski definition) is 2. The van der Waals surface area contributed by atoms with Crippen LogP contribution in [0, 0.1) is 0 Å². The van der Waals surface area contributed by atoms with Crippen molar-refractivity contribution in [2.24, 2.45) is 0 Å². The second kappa shape index (κ2) is 7.56. The van der Waals surface area contributed by atoms with E-state index in [1.54, 1.807) is 18.2 Å². The Morgan fingerprint density at radius 3 is 2.67 bits per heavy atom. The van der Waals surface area contributed by atoms with Gasteiger partial charge in [0.25, 0.3) is 5.91 Å². The van der Waals surface area contributed by atoms with Gasteiger partial charge in [0.2, 0.25) is 5.91 Å². The maximum absolute atomic E-state index is 12.1. The monoisotopic (exact) mass is 353 g/mol. The number of likely N-dealkylation sites (tertiary alicyclic amines) is 1. The maximum atomic E-state index is 12.1. The molecule has 2 amide bonds. The van der Waals surface area contributed by atoms with Gasteiger partial charge in [-0.25, -0.2) is 0 Å². The summed E-state index contributed by atoms with van der Waals surface area (Å²) >= 11 is 3.32. The van der Waals surface area contributed by atoms with Crippen LogP contribution in [-0.2, 0) is 4.79 Å². The molecule has 21 heavy (non-hydrogen) atoms. The van der Waals surface area contributed by atoms with Gasteiger partial charge >= 0.3 is 0 Å². The molecular weight excluding hydrogens is 334 g/mol. The van der Waals surface area contributed by atoms with Crippen LogP contribution in [0.15, 0.2) is 28.7 Å². The zero-order chi connectivity index (χ0) is 15.2. The summed E-state index contributed by atoms with van der Waals surface area (Å²) < 4.78 is 0.843. The molecule has 1 saturated heterocycles. The van der Waals surface area contributed by atoms with Crippen molar-refractivity contribution in [3.63, 3.8) is 0 Å². The minimum Gasteiger partial charge on any atom is -0.343 e. The zero-order valence-corrected chi connectivity index (χ0v) is 13.6. The topological polar surface area (TPSA) is 61.4 Å². The molecule has 0 saturated carbocycles. The molecule has 5 nitrogen and oxygen atoms in total. The Kier molecular flexibility index (Phi) is 5.76. The van der Waals surface area contributed by atoms with E-state index >= 15 is 0 Å². The Morgan fingerprint density at radius 1 is 1.33 bits per heavy atom. The Balaban J connectivity index is 1.80. The molecule has 2 N–H and O–H groups in total. The van der Waals surface area contributed by atoms with Gasteiger partial charge < -0.3 is 15.5 Å². The van der Waals surface area contributed by atoms with Crippen LogP contribution in [0.3, 0.4) is 0 Å². The summed E-state index contributed by atoms with van der Waals surface area (Å²) in [5.41, 5.74) is 0.547. The Labute approximate surface area is 133 Å². The van der Waals surface area contributed by atoms with Crippen molar-refractivity contribution in [2.45, 2.75) is 18.9 Å². The fourth-order valence-electron chi connectivity index (χ4n) is 2.42. The molecule has 0 bridgehead atoms. The van der Waals surface area contributed by atoms with E-state index in [-0.39, 0.29) is 18.4 Å². The van der Waals surface area contributed by atoms with Crippen LogP contribution in [0.2, 0.25) is 0 Å². The predicted molar refractivity (Wildman–Crippen MR) is 85.1 cm³/mol. The smallest absolute Gasteiger partial charge is 0.251 e. The lowest BCUT2D eigenvalue weighted by Crippen LogP contribution is -2.47. The van der Waals surface area contributed by atoms with E-state index in [9.17, 15) is 9.59 Å². The SMILES string of the molecule is CNC1CCN(C(=O)CNC(=O)c2cccc(Br)c2)CC1. The van der Waals surface area contributed by atoms with Crippen LogP contribution in [-0.4, -0.2) is 49.4 Å². The highest BCUT2D eigenvalue weighted by molar-refractivity contribution is 9.10. The van der Waals surface area contributed by atoms with Crippen molar-refractivity contribution in [2.75, 3.05) is 26.7 Å². The van der Waals surface area contributed by atoms with Crippen molar-refractivity contribution in [1.29, 1.82) is 0 Å². The highest BCUT2D eigenvalue weighted by Crippen LogP contribution is 2.12. The van der Waals surface area contributed by atoms with Crippen molar-refractivity contribution in [3.8, 4) is 0 Å². The first kappa shape index (κ1) is 16.0. The van der Waals surface area contributed by atoms with Crippen molar-refractivity contribution >= 4 is 27.7 Å². The predicted octanol–water partition coefficient (Wildman–Crippen LogP) is 1.39. The van der Waals surface area contributed by atoms with Crippen molar-refractivity contribution in [1.82, 2.24) is 15.5 Å².